The number of likely N-dealkylation sites (N-methyl/N-ethyl adjacent to an activating group) is 1. The van der Waals surface area contributed by atoms with E-state index in [9.17, 15) is 19.5 Å². The average Bonchev–Trinajstić information content (AvgIpc) is 3.36. The molecule has 2 unspecified atom stereocenters. The van der Waals surface area contributed by atoms with Crippen LogP contribution in [0.4, 0.5) is 0 Å². The van der Waals surface area contributed by atoms with Crippen LogP contribution in [0.15, 0.2) is 109 Å². The molecule has 416 valence electrons. The Bertz CT molecular complexity index is 1560. The van der Waals surface area contributed by atoms with Gasteiger partial charge in [0.2, 0.25) is 0 Å². The van der Waals surface area contributed by atoms with E-state index in [1.54, 1.807) is 0 Å². The third-order valence-corrected chi connectivity index (χ3v) is 12.0. The lowest BCUT2D eigenvalue weighted by atomic mass is 10.0. The van der Waals surface area contributed by atoms with Crippen LogP contribution in [0.1, 0.15) is 219 Å². The number of hydrogen-bond acceptors (Lipinski definition) is 7. The maximum Gasteiger partial charge on any atom is 0.361 e. The van der Waals surface area contributed by atoms with Crippen LogP contribution in [0, 0.1) is 0 Å². The molecule has 9 heteroatoms. The summed E-state index contributed by atoms with van der Waals surface area (Å²) < 4.78 is 22.8. The summed E-state index contributed by atoms with van der Waals surface area (Å²) in [6.07, 6.45) is 71.9. The van der Waals surface area contributed by atoms with Crippen molar-refractivity contribution in [1.29, 1.82) is 0 Å². The third-order valence-electron chi connectivity index (χ3n) is 12.0. The molecular formula is C64H108NO8+. The molecule has 1 N–H and O–H groups in total. The van der Waals surface area contributed by atoms with Crippen LogP contribution in [0.25, 0.3) is 0 Å². The molecule has 73 heavy (non-hydrogen) atoms. The third kappa shape index (κ3) is 55.5. The number of nitrogens with zero attached hydrogens (tertiary/aromatic N) is 1. The average molecular weight is 1020 g/mol. The fourth-order valence-electron chi connectivity index (χ4n) is 7.62. The van der Waals surface area contributed by atoms with Gasteiger partial charge in [0, 0.05) is 12.8 Å². The number of ether oxygens (including phenoxy) is 4. The minimum Gasteiger partial charge on any atom is -0.477 e. The van der Waals surface area contributed by atoms with Crippen molar-refractivity contribution in [1.82, 2.24) is 0 Å². The van der Waals surface area contributed by atoms with Crippen LogP contribution >= 0.6 is 0 Å². The number of carbonyl (C=O) groups excluding carboxylic acids is 2. The molecule has 9 nitrogen and oxygen atoms in total. The van der Waals surface area contributed by atoms with E-state index in [4.69, 9.17) is 18.9 Å². The van der Waals surface area contributed by atoms with E-state index in [2.05, 4.69) is 123 Å². The number of carboxylic acids is 1. The first-order valence-electron chi connectivity index (χ1n) is 29.1. The summed E-state index contributed by atoms with van der Waals surface area (Å²) >= 11 is 0. The van der Waals surface area contributed by atoms with Gasteiger partial charge in [-0.3, -0.25) is 9.59 Å². The number of rotatable bonds is 52. The highest BCUT2D eigenvalue weighted by Crippen LogP contribution is 2.16. The van der Waals surface area contributed by atoms with Crippen molar-refractivity contribution in [2.24, 2.45) is 0 Å². The molecule has 0 amide bonds. The molecule has 0 fully saturated rings. The van der Waals surface area contributed by atoms with Gasteiger partial charge in [-0.1, -0.05) is 220 Å². The summed E-state index contributed by atoms with van der Waals surface area (Å²) in [5.74, 6) is -2.05. The molecule has 0 bridgehead atoms. The lowest BCUT2D eigenvalue weighted by Gasteiger charge is -2.25. The maximum atomic E-state index is 12.9. The topological polar surface area (TPSA) is 108 Å². The van der Waals surface area contributed by atoms with Crippen LogP contribution in [0.3, 0.4) is 0 Å². The van der Waals surface area contributed by atoms with Crippen molar-refractivity contribution in [3.05, 3.63) is 109 Å². The molecule has 0 spiro atoms. The summed E-state index contributed by atoms with van der Waals surface area (Å²) in [4.78, 5) is 37.3. The van der Waals surface area contributed by atoms with E-state index in [1.807, 2.05) is 21.1 Å². The van der Waals surface area contributed by atoms with Gasteiger partial charge in [-0.2, -0.15) is 0 Å². The summed E-state index contributed by atoms with van der Waals surface area (Å²) in [6.45, 7) is 4.60. The Kier molecular flexibility index (Phi) is 51.2. The Labute approximate surface area is 447 Å². The number of aliphatic carboxylic acids is 1. The zero-order valence-corrected chi connectivity index (χ0v) is 47.3. The Hall–Kier alpha value is -4.05. The maximum absolute atomic E-state index is 12.9. The molecule has 0 saturated carbocycles. The van der Waals surface area contributed by atoms with E-state index >= 15 is 0 Å². The minimum atomic E-state index is -1.52. The number of quaternary nitrogens is 1. The van der Waals surface area contributed by atoms with Gasteiger partial charge in [0.1, 0.15) is 13.2 Å². The summed E-state index contributed by atoms with van der Waals surface area (Å²) in [7, 11) is 5.95. The van der Waals surface area contributed by atoms with E-state index in [0.29, 0.717) is 23.9 Å². The normalized spacial score (nSPS) is 13.6. The van der Waals surface area contributed by atoms with Gasteiger partial charge >= 0.3 is 17.9 Å². The summed E-state index contributed by atoms with van der Waals surface area (Å²) in [6, 6.07) is 0. The Morgan fingerprint density at radius 3 is 1.11 bits per heavy atom. The minimum absolute atomic E-state index is 0.179. The van der Waals surface area contributed by atoms with Crippen molar-refractivity contribution < 1.29 is 42.9 Å². The lowest BCUT2D eigenvalue weighted by Crippen LogP contribution is -2.40. The fraction of sp³-hybridized carbons (Fsp3) is 0.672. The Morgan fingerprint density at radius 1 is 0.411 bits per heavy atom. The number of esters is 2. The molecule has 0 aromatic heterocycles. The molecule has 0 aliphatic rings. The van der Waals surface area contributed by atoms with Gasteiger partial charge in [-0.05, 0) is 96.3 Å². The monoisotopic (exact) mass is 1020 g/mol. The van der Waals surface area contributed by atoms with Gasteiger partial charge in [-0.25, -0.2) is 4.79 Å². The second-order valence-corrected chi connectivity index (χ2v) is 20.2. The fourth-order valence-corrected chi connectivity index (χ4v) is 7.62. The Balaban J connectivity index is 4.11. The van der Waals surface area contributed by atoms with Crippen molar-refractivity contribution in [3.63, 3.8) is 0 Å². The van der Waals surface area contributed by atoms with Gasteiger partial charge in [-0.15, -0.1) is 0 Å². The zero-order valence-electron chi connectivity index (χ0n) is 47.3. The predicted molar refractivity (Wildman–Crippen MR) is 308 cm³/mol. The van der Waals surface area contributed by atoms with E-state index < -0.39 is 24.3 Å². The van der Waals surface area contributed by atoms with Gasteiger partial charge in [0.25, 0.3) is 6.29 Å². The number of unbranched alkanes of at least 4 members (excludes halogenated alkanes) is 19. The molecule has 0 radical (unpaired) electrons. The standard InChI is InChI=1S/C64H107NO8/c1-6-8-10-12-14-16-18-20-21-22-23-24-25-26-27-28-29-30-31-32-33-34-35-36-37-38-39-40-41-43-45-47-49-51-53-55-62(67)73-60(59-72-64(63(68)69)70-57-56-65(3,4)5)58-71-61(66)54-52-50-48-46-44-42-19-17-15-13-11-9-7-2/h8-11,14-17,20-21,23-24,26-27,29-30,42,44,60,64H,6-7,12-13,18-19,22,25,28,31-41,43,45-59H2,1-5H3/p+1/b10-8-,11-9-,16-14-,17-15-,21-20-,24-23-,27-26-,30-29-,44-42-. The molecule has 0 aliphatic carbocycles. The summed E-state index contributed by atoms with van der Waals surface area (Å²) in [5.41, 5.74) is 0. The molecule has 0 heterocycles. The highest BCUT2D eigenvalue weighted by Gasteiger charge is 2.25. The van der Waals surface area contributed by atoms with Gasteiger partial charge < -0.3 is 28.5 Å². The number of carboxylic acid groups (broad SMARTS) is 1. The molecule has 2 atom stereocenters. The van der Waals surface area contributed by atoms with Crippen LogP contribution < -0.4 is 0 Å². The van der Waals surface area contributed by atoms with E-state index in [-0.39, 0.29) is 38.6 Å². The highest BCUT2D eigenvalue weighted by molar-refractivity contribution is 5.71. The quantitative estimate of drug-likeness (QED) is 0.0211. The van der Waals surface area contributed by atoms with Crippen LogP contribution in [-0.4, -0.2) is 87.4 Å². The van der Waals surface area contributed by atoms with E-state index in [1.165, 1.54) is 83.5 Å². The first kappa shape index (κ1) is 69.0. The molecule has 0 aromatic rings. The molecule has 0 aliphatic heterocycles. The predicted octanol–water partition coefficient (Wildman–Crippen LogP) is 17.1. The molecule has 0 rings (SSSR count). The molecule has 0 saturated heterocycles. The van der Waals surface area contributed by atoms with Crippen LogP contribution in [-0.2, 0) is 33.3 Å². The largest absolute Gasteiger partial charge is 0.477 e. The van der Waals surface area contributed by atoms with Crippen molar-refractivity contribution in [3.8, 4) is 0 Å². The summed E-state index contributed by atoms with van der Waals surface area (Å²) in [5, 5.41) is 9.68. The first-order valence-corrected chi connectivity index (χ1v) is 29.1. The second kappa shape index (κ2) is 54.2. The van der Waals surface area contributed by atoms with Gasteiger partial charge in [0.05, 0.1) is 34.4 Å². The smallest absolute Gasteiger partial charge is 0.361 e. The highest BCUT2D eigenvalue weighted by atomic mass is 16.7. The lowest BCUT2D eigenvalue weighted by molar-refractivity contribution is -0.870. The van der Waals surface area contributed by atoms with E-state index in [0.717, 1.165) is 96.3 Å². The number of hydrogen-bond donors (Lipinski definition) is 1. The first-order chi connectivity index (χ1) is 35.6. The SMILES string of the molecule is CC/C=C\C/C=C\C/C=C\C/C=C\C/C=C\C/C=C\CCCCCCCCCCCCCCCCCCC(=O)OC(COC(=O)CCCCC/C=C\C/C=C\C/C=C\CC)COC(OCC[N+](C)(C)C)C(=O)O. The van der Waals surface area contributed by atoms with Crippen molar-refractivity contribution >= 4 is 17.9 Å². The second-order valence-electron chi connectivity index (χ2n) is 20.2. The van der Waals surface area contributed by atoms with Crippen LogP contribution in [0.5, 0.6) is 0 Å². The van der Waals surface area contributed by atoms with Crippen molar-refractivity contribution in [2.45, 2.75) is 232 Å². The molecular weight excluding hydrogens is 911 g/mol. The van der Waals surface area contributed by atoms with Gasteiger partial charge in [0.15, 0.2) is 6.10 Å². The van der Waals surface area contributed by atoms with Crippen LogP contribution in [0.2, 0.25) is 0 Å². The zero-order chi connectivity index (χ0) is 53.4. The number of carbonyl (C=O) groups is 3. The van der Waals surface area contributed by atoms with Crippen molar-refractivity contribution in [2.75, 3.05) is 47.5 Å². The number of allylic oxidation sites excluding steroid dienone is 18. The Morgan fingerprint density at radius 2 is 0.740 bits per heavy atom. The molecule has 0 aromatic carbocycles.